The number of nitrogens with one attached hydrogen (secondary N) is 1. The summed E-state index contributed by atoms with van der Waals surface area (Å²) < 4.78 is 12.5. The van der Waals surface area contributed by atoms with Crippen LogP contribution in [0, 0.1) is 3.57 Å². The quantitative estimate of drug-likeness (QED) is 0.261. The first kappa shape index (κ1) is 22.6. The van der Waals surface area contributed by atoms with Gasteiger partial charge in [-0.05, 0) is 82.2 Å². The summed E-state index contributed by atoms with van der Waals surface area (Å²) in [6.07, 6.45) is 1.57. The number of nitrogens with zero attached hydrogens (tertiary/aromatic N) is 2. The summed E-state index contributed by atoms with van der Waals surface area (Å²) in [7, 11) is 5.44. The lowest BCUT2D eigenvalue weighted by Crippen LogP contribution is -2.18. The van der Waals surface area contributed by atoms with E-state index in [4.69, 9.17) is 9.47 Å². The Balaban J connectivity index is 1.62. The fourth-order valence-corrected chi connectivity index (χ4v) is 3.14. The minimum Gasteiger partial charge on any atom is -0.493 e. The van der Waals surface area contributed by atoms with E-state index < -0.39 is 0 Å². The van der Waals surface area contributed by atoms with Gasteiger partial charge in [-0.15, -0.1) is 0 Å². The molecule has 3 aromatic carbocycles. The molecule has 0 aromatic heterocycles. The van der Waals surface area contributed by atoms with Crippen molar-refractivity contribution in [3.8, 4) is 11.5 Å². The third kappa shape index (κ3) is 6.45. The van der Waals surface area contributed by atoms with E-state index in [0.29, 0.717) is 23.7 Å². The number of hydrogen-bond donors (Lipinski definition) is 1. The molecule has 6 nitrogen and oxygen atoms in total. The van der Waals surface area contributed by atoms with Crippen LogP contribution in [0.25, 0.3) is 0 Å². The molecule has 3 rings (SSSR count). The van der Waals surface area contributed by atoms with Crippen LogP contribution in [0.1, 0.15) is 21.5 Å². The molecule has 0 aliphatic carbocycles. The number of ether oxygens (including phenoxy) is 2. The monoisotopic (exact) mass is 529 g/mol. The van der Waals surface area contributed by atoms with E-state index in [9.17, 15) is 4.79 Å². The zero-order chi connectivity index (χ0) is 22.2. The molecule has 160 valence electrons. The van der Waals surface area contributed by atoms with Crippen LogP contribution in [0.4, 0.5) is 5.69 Å². The zero-order valence-corrected chi connectivity index (χ0v) is 19.8. The molecular formula is C24H24IN3O3. The van der Waals surface area contributed by atoms with Gasteiger partial charge >= 0.3 is 0 Å². The number of anilines is 1. The molecule has 1 N–H and O–H groups in total. The smallest absolute Gasteiger partial charge is 0.271 e. The van der Waals surface area contributed by atoms with E-state index in [1.54, 1.807) is 19.4 Å². The van der Waals surface area contributed by atoms with Crippen molar-refractivity contribution >= 4 is 40.4 Å². The van der Waals surface area contributed by atoms with Gasteiger partial charge in [0.05, 0.1) is 13.3 Å². The highest BCUT2D eigenvalue weighted by atomic mass is 127. The van der Waals surface area contributed by atoms with Gasteiger partial charge in [-0.25, -0.2) is 5.43 Å². The number of carbonyl (C=O) groups excluding carboxylic acids is 1. The van der Waals surface area contributed by atoms with Gasteiger partial charge in [0.25, 0.3) is 5.91 Å². The standard InChI is InChI=1S/C24H24IN3O3/c1-28(2)21-6-4-5-19(14-21)24(29)27-26-15-18-9-12-22(23(13-18)30-3)31-16-17-7-10-20(25)11-8-17/h4-15H,16H2,1-3H3,(H,27,29)/b26-15-. The maximum Gasteiger partial charge on any atom is 0.271 e. The minimum absolute atomic E-state index is 0.274. The maximum atomic E-state index is 12.3. The Bertz CT molecular complexity index is 1070. The van der Waals surface area contributed by atoms with Gasteiger partial charge < -0.3 is 14.4 Å². The Morgan fingerprint density at radius 3 is 2.55 bits per heavy atom. The van der Waals surface area contributed by atoms with Gasteiger partial charge in [0.1, 0.15) is 6.61 Å². The molecule has 0 aliphatic heterocycles. The molecular weight excluding hydrogens is 505 g/mol. The first-order chi connectivity index (χ1) is 15.0. The Hall–Kier alpha value is -3.07. The first-order valence-electron chi connectivity index (χ1n) is 9.62. The van der Waals surface area contributed by atoms with E-state index in [0.717, 1.165) is 16.8 Å². The molecule has 0 radical (unpaired) electrons. The molecule has 31 heavy (non-hydrogen) atoms. The van der Waals surface area contributed by atoms with Crippen molar-refractivity contribution in [2.45, 2.75) is 6.61 Å². The Morgan fingerprint density at radius 2 is 1.84 bits per heavy atom. The number of carbonyl (C=O) groups is 1. The zero-order valence-electron chi connectivity index (χ0n) is 17.6. The summed E-state index contributed by atoms with van der Waals surface area (Å²) in [5.74, 6) is 0.964. The summed E-state index contributed by atoms with van der Waals surface area (Å²) in [5, 5.41) is 4.06. The molecule has 3 aromatic rings. The summed E-state index contributed by atoms with van der Waals surface area (Å²) >= 11 is 2.27. The molecule has 0 spiro atoms. The molecule has 7 heteroatoms. The number of hydrogen-bond acceptors (Lipinski definition) is 5. The third-order valence-electron chi connectivity index (χ3n) is 4.50. The minimum atomic E-state index is -0.274. The topological polar surface area (TPSA) is 63.2 Å². The number of methoxy groups -OCH3 is 1. The van der Waals surface area contributed by atoms with Crippen LogP contribution in [0.3, 0.4) is 0 Å². The van der Waals surface area contributed by atoms with Crippen LogP contribution in [-0.4, -0.2) is 33.3 Å². The Morgan fingerprint density at radius 1 is 1.06 bits per heavy atom. The lowest BCUT2D eigenvalue weighted by molar-refractivity contribution is 0.0955. The summed E-state index contributed by atoms with van der Waals surface area (Å²) in [6, 6.07) is 21.0. The van der Waals surface area contributed by atoms with Crippen molar-refractivity contribution < 1.29 is 14.3 Å². The van der Waals surface area contributed by atoms with Gasteiger partial charge in [-0.3, -0.25) is 4.79 Å². The van der Waals surface area contributed by atoms with E-state index in [1.165, 1.54) is 3.57 Å². The van der Waals surface area contributed by atoms with Crippen LogP contribution in [0.5, 0.6) is 11.5 Å². The van der Waals surface area contributed by atoms with Crippen molar-refractivity contribution in [2.24, 2.45) is 5.10 Å². The largest absolute Gasteiger partial charge is 0.493 e. The second kappa shape index (κ2) is 10.8. The Labute approximate surface area is 196 Å². The maximum absolute atomic E-state index is 12.3. The van der Waals surface area contributed by atoms with Crippen LogP contribution in [0.2, 0.25) is 0 Å². The number of amides is 1. The van der Waals surface area contributed by atoms with Gasteiger partial charge in [-0.2, -0.15) is 5.10 Å². The van der Waals surface area contributed by atoms with E-state index >= 15 is 0 Å². The van der Waals surface area contributed by atoms with Crippen molar-refractivity contribution in [1.82, 2.24) is 5.43 Å². The molecule has 0 fully saturated rings. The number of hydrazone groups is 1. The third-order valence-corrected chi connectivity index (χ3v) is 5.22. The highest BCUT2D eigenvalue weighted by Crippen LogP contribution is 2.28. The predicted molar refractivity (Wildman–Crippen MR) is 132 cm³/mol. The molecule has 0 bridgehead atoms. The van der Waals surface area contributed by atoms with E-state index in [1.807, 2.05) is 79.7 Å². The molecule has 0 heterocycles. The SMILES string of the molecule is COc1cc(/C=N\NC(=O)c2cccc(N(C)C)c2)ccc1OCc1ccc(I)cc1. The van der Waals surface area contributed by atoms with Crippen molar-refractivity contribution in [2.75, 3.05) is 26.1 Å². The second-order valence-corrected chi connectivity index (χ2v) is 8.21. The molecule has 0 saturated heterocycles. The predicted octanol–water partition coefficient (Wildman–Crippen LogP) is 4.71. The van der Waals surface area contributed by atoms with Crippen LogP contribution < -0.4 is 19.8 Å². The van der Waals surface area contributed by atoms with E-state index in [2.05, 4.69) is 33.1 Å². The first-order valence-corrected chi connectivity index (χ1v) is 10.7. The summed E-state index contributed by atoms with van der Waals surface area (Å²) in [6.45, 7) is 0.447. The molecule has 0 saturated carbocycles. The molecule has 0 unspecified atom stereocenters. The second-order valence-electron chi connectivity index (χ2n) is 6.97. The van der Waals surface area contributed by atoms with Crippen molar-refractivity contribution in [3.05, 3.63) is 87.0 Å². The highest BCUT2D eigenvalue weighted by molar-refractivity contribution is 14.1. The van der Waals surface area contributed by atoms with Gasteiger partial charge in [0.2, 0.25) is 0 Å². The summed E-state index contributed by atoms with van der Waals surface area (Å²) in [4.78, 5) is 14.3. The fraction of sp³-hybridized carbons (Fsp3) is 0.167. The highest BCUT2D eigenvalue weighted by Gasteiger charge is 2.08. The van der Waals surface area contributed by atoms with Gasteiger partial charge in [0.15, 0.2) is 11.5 Å². The van der Waals surface area contributed by atoms with E-state index in [-0.39, 0.29) is 5.91 Å². The average Bonchev–Trinajstić information content (AvgIpc) is 2.79. The fourth-order valence-electron chi connectivity index (χ4n) is 2.78. The lowest BCUT2D eigenvalue weighted by atomic mass is 10.2. The Kier molecular flexibility index (Phi) is 7.88. The van der Waals surface area contributed by atoms with Crippen LogP contribution >= 0.6 is 22.6 Å². The number of halogens is 1. The number of rotatable bonds is 8. The van der Waals surface area contributed by atoms with Gasteiger partial charge in [0, 0.05) is 28.9 Å². The van der Waals surface area contributed by atoms with Gasteiger partial charge in [-0.1, -0.05) is 18.2 Å². The molecule has 1 amide bonds. The molecule has 0 atom stereocenters. The number of benzene rings is 3. The van der Waals surface area contributed by atoms with Crippen LogP contribution in [-0.2, 0) is 6.61 Å². The average molecular weight is 529 g/mol. The van der Waals surface area contributed by atoms with Crippen molar-refractivity contribution in [1.29, 1.82) is 0 Å². The molecule has 0 aliphatic rings. The normalized spacial score (nSPS) is 10.7. The van der Waals surface area contributed by atoms with Crippen molar-refractivity contribution in [3.63, 3.8) is 0 Å². The lowest BCUT2D eigenvalue weighted by Gasteiger charge is -2.13. The van der Waals surface area contributed by atoms with Crippen LogP contribution in [0.15, 0.2) is 71.8 Å². The summed E-state index contributed by atoms with van der Waals surface area (Å²) in [5.41, 5.74) is 5.90.